The zero-order valence-corrected chi connectivity index (χ0v) is 16.9. The first-order chi connectivity index (χ1) is 10.8. The minimum absolute atomic E-state index is 1.36. The van der Waals surface area contributed by atoms with Crippen LogP contribution in [0.5, 0.6) is 0 Å². The van der Waals surface area contributed by atoms with Gasteiger partial charge < -0.3 is 0 Å². The minimum Gasteiger partial charge on any atom is -0.0825 e. The Balaban J connectivity index is 2.30. The zero-order valence-electron chi connectivity index (χ0n) is 14.9. The van der Waals surface area contributed by atoms with Gasteiger partial charge in [-0.3, -0.25) is 0 Å². The van der Waals surface area contributed by atoms with Crippen LogP contribution in [0.15, 0.2) is 71.2 Å². The van der Waals surface area contributed by atoms with Crippen molar-refractivity contribution < 1.29 is 0 Å². The normalized spacial score (nSPS) is 17.3. The van der Waals surface area contributed by atoms with Gasteiger partial charge in [-0.1, -0.05) is 104 Å². The summed E-state index contributed by atoms with van der Waals surface area (Å²) in [7, 11) is -2.91. The summed E-state index contributed by atoms with van der Waals surface area (Å²) in [5, 5.41) is 0. The average molecular weight is 335 g/mol. The van der Waals surface area contributed by atoms with Crippen LogP contribution in [0.3, 0.4) is 0 Å². The van der Waals surface area contributed by atoms with Crippen LogP contribution in [-0.2, 0) is 0 Å². The highest BCUT2D eigenvalue weighted by Crippen LogP contribution is 2.47. The van der Waals surface area contributed by atoms with Crippen molar-refractivity contribution in [2.75, 3.05) is 0 Å². The van der Waals surface area contributed by atoms with Crippen LogP contribution in [0.4, 0.5) is 0 Å². The van der Waals surface area contributed by atoms with Crippen LogP contribution in [0, 0.1) is 0 Å². The van der Waals surface area contributed by atoms with E-state index in [2.05, 4.69) is 99.1 Å². The summed E-state index contributed by atoms with van der Waals surface area (Å²) in [5.74, 6) is 0. The molecule has 118 valence electrons. The lowest BCUT2D eigenvalue weighted by Crippen LogP contribution is -2.40. The summed E-state index contributed by atoms with van der Waals surface area (Å²) in [4.78, 5) is 1.80. The van der Waals surface area contributed by atoms with Crippen LogP contribution >= 0.6 is 0 Å². The van der Waals surface area contributed by atoms with Crippen molar-refractivity contribution >= 4 is 27.3 Å². The first kappa shape index (κ1) is 16.2. The van der Waals surface area contributed by atoms with Gasteiger partial charge in [0, 0.05) is 0 Å². The van der Waals surface area contributed by atoms with Crippen molar-refractivity contribution in [2.45, 2.75) is 32.7 Å². The molecule has 0 radical (unpaired) electrons. The molecule has 3 rings (SSSR count). The van der Waals surface area contributed by atoms with E-state index in [1.54, 1.807) is 4.82 Å². The van der Waals surface area contributed by atoms with Crippen molar-refractivity contribution in [2.24, 2.45) is 0 Å². The third-order valence-corrected chi connectivity index (χ3v) is 13.0. The lowest BCUT2D eigenvalue weighted by atomic mass is 9.95. The van der Waals surface area contributed by atoms with Crippen molar-refractivity contribution in [1.29, 1.82) is 0 Å². The van der Waals surface area contributed by atoms with Crippen molar-refractivity contribution in [3.8, 4) is 0 Å². The van der Waals surface area contributed by atoms with Crippen molar-refractivity contribution in [3.63, 3.8) is 0 Å². The third-order valence-electron chi connectivity index (χ3n) is 4.57. The van der Waals surface area contributed by atoms with E-state index in [1.807, 2.05) is 0 Å². The Kier molecular flexibility index (Phi) is 4.07. The van der Waals surface area contributed by atoms with E-state index >= 15 is 0 Å². The first-order valence-corrected chi connectivity index (χ1v) is 15.0. The molecule has 1 heterocycles. The molecule has 0 N–H and O–H groups in total. The van der Waals surface area contributed by atoms with Gasteiger partial charge in [-0.05, 0) is 22.3 Å². The number of hydrogen-bond donors (Lipinski definition) is 0. The van der Waals surface area contributed by atoms with E-state index in [1.165, 1.54) is 22.3 Å². The molecule has 2 aromatic rings. The maximum absolute atomic E-state index is 2.62. The molecule has 0 nitrogen and oxygen atoms in total. The van der Waals surface area contributed by atoms with E-state index in [-0.39, 0.29) is 0 Å². The molecular weight excluding hydrogens is 308 g/mol. The van der Waals surface area contributed by atoms with E-state index < -0.39 is 16.1 Å². The van der Waals surface area contributed by atoms with Crippen LogP contribution in [0.1, 0.15) is 11.1 Å². The Morgan fingerprint density at radius 3 is 1.65 bits per heavy atom. The Bertz CT molecular complexity index is 760. The average Bonchev–Trinajstić information content (AvgIpc) is 2.80. The summed E-state index contributed by atoms with van der Waals surface area (Å²) in [6.07, 6.45) is 0. The summed E-state index contributed by atoms with van der Waals surface area (Å²) in [6, 6.07) is 21.9. The molecular formula is C21H26Si2. The molecule has 0 unspecified atom stereocenters. The summed E-state index contributed by atoms with van der Waals surface area (Å²) >= 11 is 0. The van der Waals surface area contributed by atoms with E-state index in [0.29, 0.717) is 0 Å². The fourth-order valence-electron chi connectivity index (χ4n) is 4.05. The van der Waals surface area contributed by atoms with Gasteiger partial charge in [0.2, 0.25) is 0 Å². The second-order valence-corrected chi connectivity index (χ2v) is 17.7. The quantitative estimate of drug-likeness (QED) is 0.586. The van der Waals surface area contributed by atoms with Crippen LogP contribution in [-0.4, -0.2) is 16.1 Å². The maximum atomic E-state index is 2.62. The summed E-state index contributed by atoms with van der Waals surface area (Å²) < 4.78 is 0. The monoisotopic (exact) mass is 334 g/mol. The molecule has 23 heavy (non-hydrogen) atoms. The van der Waals surface area contributed by atoms with Gasteiger partial charge in [0.15, 0.2) is 0 Å². The van der Waals surface area contributed by atoms with Gasteiger partial charge in [-0.25, -0.2) is 0 Å². The summed E-state index contributed by atoms with van der Waals surface area (Å²) in [6.45, 7) is 12.5. The second-order valence-electron chi connectivity index (χ2n) is 8.01. The highest BCUT2D eigenvalue weighted by molar-refractivity contribution is 7.10. The molecule has 2 heteroatoms. The van der Waals surface area contributed by atoms with Gasteiger partial charge in [-0.15, -0.1) is 0 Å². The number of hydrogen-bond acceptors (Lipinski definition) is 0. The molecule has 1 aliphatic heterocycles. The predicted molar refractivity (Wildman–Crippen MR) is 109 cm³/mol. The van der Waals surface area contributed by atoms with Gasteiger partial charge >= 0.3 is 0 Å². The van der Waals surface area contributed by atoms with E-state index in [9.17, 15) is 0 Å². The van der Waals surface area contributed by atoms with Crippen molar-refractivity contribution in [3.05, 3.63) is 82.3 Å². The smallest absolute Gasteiger partial charge is 0.0825 e. The van der Waals surface area contributed by atoms with Crippen LogP contribution in [0.25, 0.3) is 11.1 Å². The molecule has 0 saturated carbocycles. The second kappa shape index (κ2) is 5.77. The number of rotatable bonds is 3. The minimum atomic E-state index is -1.52. The molecule has 0 atom stereocenters. The number of allylic oxidation sites excluding steroid dienone is 2. The first-order valence-electron chi connectivity index (χ1n) is 8.40. The molecule has 0 aromatic heterocycles. The van der Waals surface area contributed by atoms with Crippen LogP contribution in [0.2, 0.25) is 32.7 Å². The highest BCUT2D eigenvalue weighted by Gasteiger charge is 2.41. The predicted octanol–water partition coefficient (Wildman–Crippen LogP) is 6.20. The van der Waals surface area contributed by atoms with Gasteiger partial charge in [0.05, 0.1) is 16.1 Å². The molecule has 0 aliphatic carbocycles. The Morgan fingerprint density at radius 2 is 1.17 bits per heavy atom. The standard InChI is InChI=1S/C21H26Si2/c1-22(2,3)21-20(18-14-10-7-11-15-18)19(16-23(21,4)5)17-12-8-6-9-13-17/h6-16H,1-5H3. The zero-order chi connectivity index (χ0) is 16.7. The van der Waals surface area contributed by atoms with E-state index in [0.717, 1.165) is 0 Å². The van der Waals surface area contributed by atoms with Crippen LogP contribution < -0.4 is 0 Å². The topological polar surface area (TPSA) is 0 Å². The van der Waals surface area contributed by atoms with Crippen molar-refractivity contribution in [1.82, 2.24) is 0 Å². The Morgan fingerprint density at radius 1 is 0.696 bits per heavy atom. The fourth-order valence-corrected chi connectivity index (χ4v) is 15.1. The Labute approximate surface area is 142 Å². The SMILES string of the molecule is C[Si](C)(C)C1=C(c2ccccc2)C(c2ccccc2)=C[Si]1(C)C. The highest BCUT2D eigenvalue weighted by atomic mass is 28.4. The molecule has 0 amide bonds. The molecule has 0 fully saturated rings. The van der Waals surface area contributed by atoms with Gasteiger partial charge in [0.1, 0.15) is 0 Å². The lowest BCUT2D eigenvalue weighted by molar-refractivity contribution is 1.58. The molecule has 2 aromatic carbocycles. The Hall–Kier alpha value is -1.65. The lowest BCUT2D eigenvalue weighted by Gasteiger charge is -2.31. The molecule has 0 spiro atoms. The third kappa shape index (κ3) is 3.06. The molecule has 1 aliphatic rings. The maximum Gasteiger partial charge on any atom is 0.0964 e. The van der Waals surface area contributed by atoms with Gasteiger partial charge in [-0.2, -0.15) is 0 Å². The largest absolute Gasteiger partial charge is 0.0964 e. The fraction of sp³-hybridized carbons (Fsp3) is 0.238. The van der Waals surface area contributed by atoms with E-state index in [4.69, 9.17) is 0 Å². The summed E-state index contributed by atoms with van der Waals surface area (Å²) in [5.41, 5.74) is 8.37. The van der Waals surface area contributed by atoms with Gasteiger partial charge in [0.25, 0.3) is 0 Å². The molecule has 0 saturated heterocycles. The molecule has 0 bridgehead atoms. The number of benzene rings is 2.